The number of nitrogens with zero attached hydrogens (tertiary/aromatic N) is 3. The summed E-state index contributed by atoms with van der Waals surface area (Å²) in [4.78, 5) is 6.64. The summed E-state index contributed by atoms with van der Waals surface area (Å²) >= 11 is 3.17. The fraction of sp³-hybridized carbons (Fsp3) is 0.500. The molecule has 0 atom stereocenters. The number of nitrogens with two attached hydrogens (primary N) is 1. The van der Waals surface area contributed by atoms with Crippen molar-refractivity contribution in [3.8, 4) is 0 Å². The molecule has 0 aliphatic carbocycles. The first-order chi connectivity index (χ1) is 9.56. The summed E-state index contributed by atoms with van der Waals surface area (Å²) in [6, 6.07) is 3.15. The third-order valence-electron chi connectivity index (χ3n) is 3.45. The average Bonchev–Trinajstić information content (AvgIpc) is 2.70. The molecule has 2 rings (SSSR count). The number of halogens is 2. The smallest absolute Gasteiger partial charge is 0.201 e. The molecule has 110 valence electrons. The summed E-state index contributed by atoms with van der Waals surface area (Å²) in [7, 11) is 0. The van der Waals surface area contributed by atoms with E-state index in [9.17, 15) is 4.39 Å². The summed E-state index contributed by atoms with van der Waals surface area (Å²) in [5.74, 6) is 0.143. The van der Waals surface area contributed by atoms with Gasteiger partial charge in [0.05, 0.1) is 15.5 Å². The molecule has 2 aromatic rings. The maximum atomic E-state index is 13.7. The van der Waals surface area contributed by atoms with Gasteiger partial charge in [0.2, 0.25) is 5.95 Å². The molecular formula is C14H20BrFN4. The predicted molar refractivity (Wildman–Crippen MR) is 84.2 cm³/mol. The summed E-state index contributed by atoms with van der Waals surface area (Å²) in [6.45, 7) is 7.97. The van der Waals surface area contributed by atoms with Gasteiger partial charge >= 0.3 is 0 Å². The molecule has 20 heavy (non-hydrogen) atoms. The van der Waals surface area contributed by atoms with Crippen LogP contribution in [0.5, 0.6) is 0 Å². The van der Waals surface area contributed by atoms with E-state index in [1.54, 1.807) is 6.07 Å². The molecule has 2 N–H and O–H groups in total. The highest BCUT2D eigenvalue weighted by Gasteiger charge is 2.12. The zero-order chi connectivity index (χ0) is 14.7. The van der Waals surface area contributed by atoms with Gasteiger partial charge in [-0.1, -0.05) is 13.8 Å². The van der Waals surface area contributed by atoms with Crippen molar-refractivity contribution in [2.24, 2.45) is 0 Å². The SMILES string of the molecule is CCCN(CC)CCn1c(N)nc2cc(Br)c(F)cc21. The Bertz CT molecular complexity index is 596. The second-order valence-corrected chi connectivity index (χ2v) is 5.67. The Morgan fingerprint density at radius 1 is 1.35 bits per heavy atom. The monoisotopic (exact) mass is 342 g/mol. The molecule has 0 aliphatic rings. The van der Waals surface area contributed by atoms with Gasteiger partial charge in [0.15, 0.2) is 0 Å². The highest BCUT2D eigenvalue weighted by molar-refractivity contribution is 9.10. The molecule has 0 saturated heterocycles. The van der Waals surface area contributed by atoms with Crippen LogP contribution in [0.3, 0.4) is 0 Å². The van der Waals surface area contributed by atoms with E-state index in [0.29, 0.717) is 15.9 Å². The number of rotatable bonds is 6. The van der Waals surface area contributed by atoms with Crippen LogP contribution >= 0.6 is 15.9 Å². The number of hydrogen-bond acceptors (Lipinski definition) is 3. The van der Waals surface area contributed by atoms with Crippen LogP contribution in [-0.4, -0.2) is 34.1 Å². The largest absolute Gasteiger partial charge is 0.369 e. The molecule has 4 nitrogen and oxygen atoms in total. The third kappa shape index (κ3) is 3.12. The van der Waals surface area contributed by atoms with Crippen LogP contribution < -0.4 is 5.73 Å². The van der Waals surface area contributed by atoms with Crippen molar-refractivity contribution < 1.29 is 4.39 Å². The van der Waals surface area contributed by atoms with E-state index in [0.717, 1.165) is 38.1 Å². The van der Waals surface area contributed by atoms with Gasteiger partial charge < -0.3 is 15.2 Å². The van der Waals surface area contributed by atoms with E-state index in [1.807, 2.05) is 4.57 Å². The Morgan fingerprint density at radius 3 is 2.75 bits per heavy atom. The van der Waals surface area contributed by atoms with E-state index >= 15 is 0 Å². The molecule has 0 unspecified atom stereocenters. The lowest BCUT2D eigenvalue weighted by Gasteiger charge is -2.20. The van der Waals surface area contributed by atoms with Crippen molar-refractivity contribution in [1.82, 2.24) is 14.5 Å². The van der Waals surface area contributed by atoms with Crippen molar-refractivity contribution in [3.63, 3.8) is 0 Å². The lowest BCUT2D eigenvalue weighted by molar-refractivity contribution is 0.278. The normalized spacial score (nSPS) is 11.7. The second kappa shape index (κ2) is 6.54. The number of imidazole rings is 1. The Hall–Kier alpha value is -1.14. The predicted octanol–water partition coefficient (Wildman–Crippen LogP) is 3.25. The van der Waals surface area contributed by atoms with Gasteiger partial charge in [0.1, 0.15) is 5.82 Å². The zero-order valence-corrected chi connectivity index (χ0v) is 13.5. The summed E-state index contributed by atoms with van der Waals surface area (Å²) in [5, 5.41) is 0. The molecule has 1 aromatic heterocycles. The van der Waals surface area contributed by atoms with Crippen LogP contribution in [0.2, 0.25) is 0 Å². The van der Waals surface area contributed by atoms with E-state index in [-0.39, 0.29) is 5.82 Å². The molecule has 1 aromatic carbocycles. The van der Waals surface area contributed by atoms with Crippen LogP contribution in [0.15, 0.2) is 16.6 Å². The molecule has 0 saturated carbocycles. The molecule has 1 heterocycles. The fourth-order valence-corrected chi connectivity index (χ4v) is 2.69. The first-order valence-corrected chi connectivity index (χ1v) is 7.69. The molecule has 0 amide bonds. The Balaban J connectivity index is 2.25. The van der Waals surface area contributed by atoms with Crippen molar-refractivity contribution >= 4 is 32.9 Å². The highest BCUT2D eigenvalue weighted by Crippen LogP contribution is 2.25. The number of anilines is 1. The lowest BCUT2D eigenvalue weighted by Crippen LogP contribution is -2.28. The third-order valence-corrected chi connectivity index (χ3v) is 4.05. The maximum absolute atomic E-state index is 13.7. The first kappa shape index (κ1) is 15.3. The summed E-state index contributed by atoms with van der Waals surface area (Å²) in [6.07, 6.45) is 1.12. The molecule has 0 radical (unpaired) electrons. The van der Waals surface area contributed by atoms with Crippen molar-refractivity contribution in [1.29, 1.82) is 0 Å². The van der Waals surface area contributed by atoms with E-state index in [2.05, 4.69) is 39.7 Å². The average molecular weight is 343 g/mol. The molecule has 0 bridgehead atoms. The first-order valence-electron chi connectivity index (χ1n) is 6.89. The van der Waals surface area contributed by atoms with E-state index in [1.165, 1.54) is 6.07 Å². The topological polar surface area (TPSA) is 47.1 Å². The lowest BCUT2D eigenvalue weighted by atomic mass is 10.3. The van der Waals surface area contributed by atoms with Crippen LogP contribution in [0.1, 0.15) is 20.3 Å². The molecular weight excluding hydrogens is 323 g/mol. The minimum absolute atomic E-state index is 0.292. The van der Waals surface area contributed by atoms with Gasteiger partial charge in [-0.05, 0) is 41.5 Å². The van der Waals surface area contributed by atoms with Crippen molar-refractivity contribution in [3.05, 3.63) is 22.4 Å². The Kier molecular flexibility index (Phi) is 4.99. The zero-order valence-electron chi connectivity index (χ0n) is 11.9. The Labute approximate surface area is 126 Å². The second-order valence-electron chi connectivity index (χ2n) is 4.81. The van der Waals surface area contributed by atoms with Gasteiger partial charge in [-0.25, -0.2) is 9.37 Å². The minimum atomic E-state index is -0.292. The number of fused-ring (bicyclic) bond motifs is 1. The standard InChI is InChI=1S/C14H20BrFN4/c1-3-5-19(4-2)6-7-20-13-9-11(16)10(15)8-12(13)18-14(20)17/h8-9H,3-7H2,1-2H3,(H2,17,18). The molecule has 6 heteroatoms. The number of benzene rings is 1. The molecule has 0 spiro atoms. The van der Waals surface area contributed by atoms with Gasteiger partial charge in [0.25, 0.3) is 0 Å². The quantitative estimate of drug-likeness (QED) is 0.876. The van der Waals surface area contributed by atoms with Crippen LogP contribution in [0.4, 0.5) is 10.3 Å². The minimum Gasteiger partial charge on any atom is -0.369 e. The number of likely N-dealkylation sites (N-methyl/N-ethyl adjacent to an activating group) is 1. The molecule has 0 aliphatic heterocycles. The van der Waals surface area contributed by atoms with Gasteiger partial charge in [-0.3, -0.25) is 0 Å². The summed E-state index contributed by atoms with van der Waals surface area (Å²) < 4.78 is 16.0. The van der Waals surface area contributed by atoms with E-state index < -0.39 is 0 Å². The van der Waals surface area contributed by atoms with Crippen molar-refractivity contribution in [2.75, 3.05) is 25.4 Å². The fourth-order valence-electron chi connectivity index (χ4n) is 2.36. The molecule has 0 fully saturated rings. The van der Waals surface area contributed by atoms with Crippen LogP contribution in [0, 0.1) is 5.82 Å². The maximum Gasteiger partial charge on any atom is 0.201 e. The number of hydrogen-bond donors (Lipinski definition) is 1. The van der Waals surface area contributed by atoms with Gasteiger partial charge in [0, 0.05) is 19.2 Å². The highest BCUT2D eigenvalue weighted by atomic mass is 79.9. The number of nitrogen functional groups attached to an aromatic ring is 1. The van der Waals surface area contributed by atoms with Gasteiger partial charge in [-0.15, -0.1) is 0 Å². The Morgan fingerprint density at radius 2 is 2.10 bits per heavy atom. The summed E-state index contributed by atoms with van der Waals surface area (Å²) in [5.41, 5.74) is 7.41. The van der Waals surface area contributed by atoms with Crippen molar-refractivity contribution in [2.45, 2.75) is 26.8 Å². The van der Waals surface area contributed by atoms with Crippen LogP contribution in [-0.2, 0) is 6.54 Å². The van der Waals surface area contributed by atoms with Crippen LogP contribution in [0.25, 0.3) is 11.0 Å². The number of aromatic nitrogens is 2. The van der Waals surface area contributed by atoms with Gasteiger partial charge in [-0.2, -0.15) is 0 Å². The van der Waals surface area contributed by atoms with E-state index in [4.69, 9.17) is 5.73 Å².